The number of carbonyl (C=O) groups excluding carboxylic acids is 1. The van der Waals surface area contributed by atoms with E-state index in [-0.39, 0.29) is 24.5 Å². The predicted molar refractivity (Wildman–Crippen MR) is 98.1 cm³/mol. The molecule has 1 amide bonds. The Labute approximate surface area is 158 Å². The summed E-state index contributed by atoms with van der Waals surface area (Å²) in [4.78, 5) is 26.4. The van der Waals surface area contributed by atoms with Gasteiger partial charge in [0.15, 0.2) is 0 Å². The molecule has 0 aromatic heterocycles. The van der Waals surface area contributed by atoms with Crippen molar-refractivity contribution in [2.24, 2.45) is 5.41 Å². The molecule has 0 aliphatic carbocycles. The fourth-order valence-corrected chi connectivity index (χ4v) is 4.03. The Hall–Kier alpha value is -1.63. The summed E-state index contributed by atoms with van der Waals surface area (Å²) < 4.78 is 5.79. The highest BCUT2D eigenvalue weighted by atomic mass is 35.5. The number of morpholine rings is 1. The van der Waals surface area contributed by atoms with Crippen LogP contribution >= 0.6 is 11.6 Å². The largest absolute Gasteiger partial charge is 0.481 e. The van der Waals surface area contributed by atoms with Gasteiger partial charge in [0.1, 0.15) is 0 Å². The maximum absolute atomic E-state index is 13.3. The number of halogens is 1. The van der Waals surface area contributed by atoms with E-state index in [1.54, 1.807) is 6.92 Å². The Morgan fingerprint density at radius 1 is 1.42 bits per heavy atom. The molecule has 1 aromatic carbocycles. The maximum atomic E-state index is 13.3. The number of benzene rings is 1. The Bertz CT molecular complexity index is 660. The summed E-state index contributed by atoms with van der Waals surface area (Å²) in [6, 6.07) is 7.43. The van der Waals surface area contributed by atoms with Crippen molar-refractivity contribution in [3.63, 3.8) is 0 Å². The minimum Gasteiger partial charge on any atom is -0.481 e. The van der Waals surface area contributed by atoms with Crippen LogP contribution in [-0.4, -0.2) is 54.2 Å². The van der Waals surface area contributed by atoms with Crippen molar-refractivity contribution in [3.8, 4) is 0 Å². The van der Waals surface area contributed by atoms with E-state index >= 15 is 0 Å². The lowest BCUT2D eigenvalue weighted by Crippen LogP contribution is -2.54. The van der Waals surface area contributed by atoms with E-state index in [1.165, 1.54) is 0 Å². The van der Waals surface area contributed by atoms with Crippen molar-refractivity contribution in [1.82, 2.24) is 10.2 Å². The van der Waals surface area contributed by atoms with E-state index in [1.807, 2.05) is 29.2 Å². The molecule has 2 saturated heterocycles. The molecule has 2 fully saturated rings. The van der Waals surface area contributed by atoms with E-state index in [4.69, 9.17) is 16.3 Å². The van der Waals surface area contributed by atoms with Gasteiger partial charge in [-0.25, -0.2) is 0 Å². The van der Waals surface area contributed by atoms with Gasteiger partial charge in [0.2, 0.25) is 5.91 Å². The summed E-state index contributed by atoms with van der Waals surface area (Å²) in [7, 11) is 0. The van der Waals surface area contributed by atoms with E-state index in [9.17, 15) is 14.7 Å². The number of likely N-dealkylation sites (tertiary alicyclic amines) is 1. The molecule has 0 saturated carbocycles. The zero-order valence-corrected chi connectivity index (χ0v) is 15.7. The number of amides is 1. The van der Waals surface area contributed by atoms with Crippen LogP contribution in [0.3, 0.4) is 0 Å². The first kappa shape index (κ1) is 19.1. The number of hydrogen-bond acceptors (Lipinski definition) is 4. The Kier molecular flexibility index (Phi) is 5.85. The monoisotopic (exact) mass is 380 g/mol. The maximum Gasteiger partial charge on any atom is 0.304 e. The van der Waals surface area contributed by atoms with Crippen molar-refractivity contribution < 1.29 is 19.4 Å². The summed E-state index contributed by atoms with van der Waals surface area (Å²) in [5, 5.41) is 13.2. The zero-order chi connectivity index (χ0) is 18.7. The summed E-state index contributed by atoms with van der Waals surface area (Å²) in [6.07, 6.45) is 1.03. The van der Waals surface area contributed by atoms with E-state index in [0.717, 1.165) is 18.5 Å². The summed E-state index contributed by atoms with van der Waals surface area (Å²) in [5.74, 6) is -1.05. The van der Waals surface area contributed by atoms with Crippen LogP contribution in [0.4, 0.5) is 0 Å². The average Bonchev–Trinajstić information content (AvgIpc) is 2.61. The molecule has 2 unspecified atom stereocenters. The molecule has 26 heavy (non-hydrogen) atoms. The second-order valence-electron chi connectivity index (χ2n) is 7.39. The number of carboxylic acids is 1. The molecule has 2 heterocycles. The summed E-state index contributed by atoms with van der Waals surface area (Å²) in [5.41, 5.74) is 0.139. The van der Waals surface area contributed by atoms with Crippen LogP contribution in [0.15, 0.2) is 24.3 Å². The number of carboxylic acid groups (broad SMARTS) is 1. The van der Waals surface area contributed by atoms with Gasteiger partial charge in [0.05, 0.1) is 30.6 Å². The van der Waals surface area contributed by atoms with Crippen LogP contribution in [0.5, 0.6) is 0 Å². The first-order valence-corrected chi connectivity index (χ1v) is 9.37. The molecule has 7 heteroatoms. The number of nitrogens with zero attached hydrogens (tertiary/aromatic N) is 1. The van der Waals surface area contributed by atoms with Crippen LogP contribution < -0.4 is 5.32 Å². The quantitative estimate of drug-likeness (QED) is 0.820. The lowest BCUT2D eigenvalue weighted by atomic mass is 9.74. The number of ether oxygens (including phenoxy) is 1. The lowest BCUT2D eigenvalue weighted by Gasteiger charge is -2.45. The topological polar surface area (TPSA) is 78.9 Å². The third-order valence-electron chi connectivity index (χ3n) is 5.32. The molecule has 0 bridgehead atoms. The van der Waals surface area contributed by atoms with Gasteiger partial charge in [-0.15, -0.1) is 0 Å². The molecule has 142 valence electrons. The number of piperidine rings is 1. The van der Waals surface area contributed by atoms with Gasteiger partial charge in [-0.05, 0) is 30.5 Å². The molecule has 0 spiro atoms. The van der Waals surface area contributed by atoms with Crippen LogP contribution in [0.25, 0.3) is 0 Å². The normalized spacial score (nSPS) is 29.6. The smallest absolute Gasteiger partial charge is 0.304 e. The highest BCUT2D eigenvalue weighted by Gasteiger charge is 2.46. The van der Waals surface area contributed by atoms with Crippen molar-refractivity contribution in [3.05, 3.63) is 34.9 Å². The number of aliphatic carboxylic acids is 1. The number of hydrogen-bond donors (Lipinski definition) is 2. The third-order valence-corrected chi connectivity index (χ3v) is 5.58. The fraction of sp³-hybridized carbons (Fsp3) is 0.579. The van der Waals surface area contributed by atoms with E-state index in [0.29, 0.717) is 31.1 Å². The summed E-state index contributed by atoms with van der Waals surface area (Å²) in [6.45, 7) is 4.32. The van der Waals surface area contributed by atoms with Gasteiger partial charge in [-0.1, -0.05) is 30.7 Å². The molecule has 6 nitrogen and oxygen atoms in total. The predicted octanol–water partition coefficient (Wildman–Crippen LogP) is 2.47. The minimum absolute atomic E-state index is 0.0883. The van der Waals surface area contributed by atoms with Crippen LogP contribution in [-0.2, 0) is 14.3 Å². The molecule has 3 rings (SSSR count). The molecule has 3 atom stereocenters. The molecule has 2 aliphatic heterocycles. The van der Waals surface area contributed by atoms with Gasteiger partial charge < -0.3 is 20.1 Å². The molecule has 0 radical (unpaired) electrons. The fourth-order valence-electron chi connectivity index (χ4n) is 3.90. The van der Waals surface area contributed by atoms with Crippen molar-refractivity contribution in [1.29, 1.82) is 0 Å². The Balaban J connectivity index is 1.86. The Morgan fingerprint density at radius 2 is 2.15 bits per heavy atom. The standard InChI is InChI=1S/C19H25ClN2O4/c1-19(10-17(23)24)7-6-16(13-2-4-14(20)5-3-13)22(18(19)25)12-15-11-21-8-9-26-15/h2-5,15-16,21H,6-12H2,1H3,(H,23,24)/t15?,16?,19-/m1/s1. The second-order valence-corrected chi connectivity index (χ2v) is 7.83. The van der Waals surface area contributed by atoms with Gasteiger partial charge in [0.25, 0.3) is 0 Å². The van der Waals surface area contributed by atoms with Crippen LogP contribution in [0, 0.1) is 5.41 Å². The number of nitrogens with one attached hydrogen (secondary N) is 1. The van der Waals surface area contributed by atoms with Gasteiger partial charge in [-0.3, -0.25) is 9.59 Å². The molecular formula is C19H25ClN2O4. The minimum atomic E-state index is -0.943. The van der Waals surface area contributed by atoms with Crippen LogP contribution in [0.2, 0.25) is 5.02 Å². The first-order valence-electron chi connectivity index (χ1n) is 9.00. The molecule has 1 aromatic rings. The van der Waals surface area contributed by atoms with Crippen molar-refractivity contribution in [2.45, 2.75) is 38.3 Å². The third kappa shape index (κ3) is 4.19. The highest BCUT2D eigenvalue weighted by molar-refractivity contribution is 6.30. The van der Waals surface area contributed by atoms with Gasteiger partial charge in [0, 0.05) is 24.7 Å². The highest BCUT2D eigenvalue weighted by Crippen LogP contribution is 2.43. The SMILES string of the molecule is C[C@]1(CC(=O)O)CCC(c2ccc(Cl)cc2)N(CC2CNCCO2)C1=O. The van der Waals surface area contributed by atoms with Gasteiger partial charge in [-0.2, -0.15) is 0 Å². The zero-order valence-electron chi connectivity index (χ0n) is 14.9. The lowest BCUT2D eigenvalue weighted by molar-refractivity contribution is -0.158. The Morgan fingerprint density at radius 3 is 2.77 bits per heavy atom. The van der Waals surface area contributed by atoms with E-state index in [2.05, 4.69) is 5.32 Å². The summed E-state index contributed by atoms with van der Waals surface area (Å²) >= 11 is 6.00. The van der Waals surface area contributed by atoms with Gasteiger partial charge >= 0.3 is 5.97 Å². The average molecular weight is 381 g/mol. The number of rotatable bonds is 5. The van der Waals surface area contributed by atoms with E-state index < -0.39 is 11.4 Å². The van der Waals surface area contributed by atoms with Crippen molar-refractivity contribution >= 4 is 23.5 Å². The molecule has 2 aliphatic rings. The first-order chi connectivity index (χ1) is 12.4. The van der Waals surface area contributed by atoms with Crippen molar-refractivity contribution in [2.75, 3.05) is 26.2 Å². The molecule has 2 N–H and O–H groups in total. The molecular weight excluding hydrogens is 356 g/mol. The number of carbonyl (C=O) groups is 2. The second kappa shape index (κ2) is 7.94. The van der Waals surface area contributed by atoms with Crippen LogP contribution in [0.1, 0.15) is 37.8 Å².